The number of halogens is 2. The van der Waals surface area contributed by atoms with Gasteiger partial charge in [-0.15, -0.1) is 0 Å². The molecule has 120 valence electrons. The Bertz CT molecular complexity index is 715. The van der Waals surface area contributed by atoms with Crippen LogP contribution in [0.25, 0.3) is 0 Å². The lowest BCUT2D eigenvalue weighted by molar-refractivity contribution is -0.114. The van der Waals surface area contributed by atoms with Gasteiger partial charge in [0.05, 0.1) is 35.0 Å². The van der Waals surface area contributed by atoms with Crippen LogP contribution >= 0.6 is 23.2 Å². The molecule has 5 nitrogen and oxygen atoms in total. The molecule has 0 aliphatic carbocycles. The topological polar surface area (TPSA) is 67.4 Å². The molecule has 0 radical (unpaired) electrons. The normalized spacial score (nSPS) is 10.0. The quantitative estimate of drug-likeness (QED) is 0.802. The standard InChI is InChI=1S/C16H14Cl2N2O3/c1-23-16(22)10-4-2-5-11(8-10)20-14(21)9-19-15-12(17)6-3-7-13(15)18/h2-8,19H,9H2,1H3,(H,20,21). The molecule has 0 saturated heterocycles. The Kier molecular flexibility index (Phi) is 5.84. The van der Waals surface area contributed by atoms with E-state index >= 15 is 0 Å². The summed E-state index contributed by atoms with van der Waals surface area (Å²) in [5, 5.41) is 6.41. The van der Waals surface area contributed by atoms with E-state index in [9.17, 15) is 9.59 Å². The fraction of sp³-hybridized carbons (Fsp3) is 0.125. The van der Waals surface area contributed by atoms with E-state index < -0.39 is 5.97 Å². The molecule has 0 aliphatic rings. The molecule has 0 saturated carbocycles. The Morgan fingerprint density at radius 3 is 2.39 bits per heavy atom. The number of rotatable bonds is 5. The maximum Gasteiger partial charge on any atom is 0.337 e. The Hall–Kier alpha value is -2.24. The van der Waals surface area contributed by atoms with Crippen LogP contribution in [-0.2, 0) is 9.53 Å². The molecular formula is C16H14Cl2N2O3. The molecule has 0 aliphatic heterocycles. The summed E-state index contributed by atoms with van der Waals surface area (Å²) in [6, 6.07) is 11.5. The highest BCUT2D eigenvalue weighted by Gasteiger charge is 2.09. The van der Waals surface area contributed by atoms with E-state index in [0.717, 1.165) is 0 Å². The van der Waals surface area contributed by atoms with Crippen LogP contribution in [0.2, 0.25) is 10.0 Å². The predicted molar refractivity (Wildman–Crippen MR) is 91.4 cm³/mol. The first-order valence-electron chi connectivity index (χ1n) is 6.67. The minimum atomic E-state index is -0.470. The summed E-state index contributed by atoms with van der Waals surface area (Å²) < 4.78 is 4.63. The molecule has 7 heteroatoms. The molecule has 0 bridgehead atoms. The molecule has 1 amide bonds. The molecule has 0 aromatic heterocycles. The van der Waals surface area contributed by atoms with Gasteiger partial charge in [-0.05, 0) is 30.3 Å². The van der Waals surface area contributed by atoms with Crippen molar-refractivity contribution in [3.05, 3.63) is 58.1 Å². The van der Waals surface area contributed by atoms with Crippen LogP contribution in [-0.4, -0.2) is 25.5 Å². The third kappa shape index (κ3) is 4.61. The first-order valence-corrected chi connectivity index (χ1v) is 7.43. The van der Waals surface area contributed by atoms with E-state index in [2.05, 4.69) is 15.4 Å². The molecule has 0 atom stereocenters. The number of carbonyl (C=O) groups excluding carboxylic acids is 2. The number of esters is 1. The molecule has 2 aromatic carbocycles. The van der Waals surface area contributed by atoms with E-state index in [0.29, 0.717) is 27.0 Å². The van der Waals surface area contributed by atoms with Gasteiger partial charge in [0, 0.05) is 5.69 Å². The van der Waals surface area contributed by atoms with Crippen LogP contribution in [0.15, 0.2) is 42.5 Å². The Labute approximate surface area is 143 Å². The summed E-state index contributed by atoms with van der Waals surface area (Å²) in [5.74, 6) is -0.773. The van der Waals surface area contributed by atoms with Crippen molar-refractivity contribution in [2.45, 2.75) is 0 Å². The number of para-hydroxylation sites is 1. The first-order chi connectivity index (χ1) is 11.0. The highest BCUT2D eigenvalue weighted by atomic mass is 35.5. The molecule has 0 fully saturated rings. The number of nitrogens with one attached hydrogen (secondary N) is 2. The zero-order chi connectivity index (χ0) is 16.8. The number of ether oxygens (including phenoxy) is 1. The van der Waals surface area contributed by atoms with Crippen molar-refractivity contribution in [3.8, 4) is 0 Å². The van der Waals surface area contributed by atoms with E-state index in [1.807, 2.05) is 0 Å². The number of carbonyl (C=O) groups is 2. The second kappa shape index (κ2) is 7.85. The van der Waals surface area contributed by atoms with Gasteiger partial charge in [0.25, 0.3) is 0 Å². The average Bonchev–Trinajstić information content (AvgIpc) is 2.54. The highest BCUT2D eigenvalue weighted by Crippen LogP contribution is 2.29. The van der Waals surface area contributed by atoms with Gasteiger partial charge in [0.2, 0.25) is 5.91 Å². The number of benzene rings is 2. The monoisotopic (exact) mass is 352 g/mol. The van der Waals surface area contributed by atoms with Crippen LogP contribution in [0.5, 0.6) is 0 Å². The summed E-state index contributed by atoms with van der Waals surface area (Å²) in [5.41, 5.74) is 1.34. The minimum Gasteiger partial charge on any atom is -0.465 e. The Morgan fingerprint density at radius 1 is 1.09 bits per heavy atom. The molecule has 2 rings (SSSR count). The zero-order valence-electron chi connectivity index (χ0n) is 12.2. The Balaban J connectivity index is 1.99. The highest BCUT2D eigenvalue weighted by molar-refractivity contribution is 6.39. The molecule has 23 heavy (non-hydrogen) atoms. The summed E-state index contributed by atoms with van der Waals surface area (Å²) in [4.78, 5) is 23.4. The van der Waals surface area contributed by atoms with E-state index in [-0.39, 0.29) is 12.5 Å². The zero-order valence-corrected chi connectivity index (χ0v) is 13.7. The molecule has 0 unspecified atom stereocenters. The molecule has 0 spiro atoms. The minimum absolute atomic E-state index is 0.0219. The van der Waals surface area contributed by atoms with Gasteiger partial charge in [-0.3, -0.25) is 4.79 Å². The van der Waals surface area contributed by atoms with Crippen molar-refractivity contribution in [1.29, 1.82) is 0 Å². The Morgan fingerprint density at radius 2 is 1.74 bits per heavy atom. The number of hydrogen-bond donors (Lipinski definition) is 2. The summed E-state index contributed by atoms with van der Waals surface area (Å²) in [6.07, 6.45) is 0. The number of amides is 1. The lowest BCUT2D eigenvalue weighted by Crippen LogP contribution is -2.22. The van der Waals surface area contributed by atoms with Gasteiger partial charge < -0.3 is 15.4 Å². The van der Waals surface area contributed by atoms with Gasteiger partial charge in [-0.1, -0.05) is 35.3 Å². The molecule has 0 heterocycles. The average molecular weight is 353 g/mol. The van der Waals surface area contributed by atoms with Crippen LogP contribution in [0.4, 0.5) is 11.4 Å². The summed E-state index contributed by atoms with van der Waals surface area (Å²) in [7, 11) is 1.30. The lowest BCUT2D eigenvalue weighted by Gasteiger charge is -2.11. The van der Waals surface area contributed by atoms with E-state index in [1.165, 1.54) is 13.2 Å². The van der Waals surface area contributed by atoms with Crippen molar-refractivity contribution < 1.29 is 14.3 Å². The predicted octanol–water partition coefficient (Wildman–Crippen LogP) is 3.83. The van der Waals surface area contributed by atoms with Gasteiger partial charge in [0.15, 0.2) is 0 Å². The third-order valence-electron chi connectivity index (χ3n) is 2.96. The lowest BCUT2D eigenvalue weighted by atomic mass is 10.2. The van der Waals surface area contributed by atoms with Gasteiger partial charge in [-0.25, -0.2) is 4.79 Å². The number of methoxy groups -OCH3 is 1. The van der Waals surface area contributed by atoms with E-state index in [4.69, 9.17) is 23.2 Å². The summed E-state index contributed by atoms with van der Waals surface area (Å²) in [6.45, 7) is -0.0219. The molecular weight excluding hydrogens is 339 g/mol. The number of hydrogen-bond acceptors (Lipinski definition) is 4. The smallest absolute Gasteiger partial charge is 0.337 e. The van der Waals surface area contributed by atoms with Crippen molar-refractivity contribution in [2.24, 2.45) is 0 Å². The van der Waals surface area contributed by atoms with Crippen LogP contribution in [0.3, 0.4) is 0 Å². The van der Waals surface area contributed by atoms with Gasteiger partial charge in [0.1, 0.15) is 0 Å². The van der Waals surface area contributed by atoms with Gasteiger partial charge in [-0.2, -0.15) is 0 Å². The van der Waals surface area contributed by atoms with Crippen LogP contribution in [0.1, 0.15) is 10.4 Å². The second-order valence-corrected chi connectivity index (χ2v) is 5.39. The van der Waals surface area contributed by atoms with Crippen LogP contribution < -0.4 is 10.6 Å². The molecule has 2 N–H and O–H groups in total. The fourth-order valence-electron chi connectivity index (χ4n) is 1.88. The first kappa shape index (κ1) is 17.1. The largest absolute Gasteiger partial charge is 0.465 e. The maximum absolute atomic E-state index is 12.0. The second-order valence-electron chi connectivity index (χ2n) is 4.57. The molecule has 2 aromatic rings. The third-order valence-corrected chi connectivity index (χ3v) is 3.59. The maximum atomic E-state index is 12.0. The SMILES string of the molecule is COC(=O)c1cccc(NC(=O)CNc2c(Cl)cccc2Cl)c1. The van der Waals surface area contributed by atoms with Crippen molar-refractivity contribution >= 4 is 46.5 Å². The van der Waals surface area contributed by atoms with Crippen molar-refractivity contribution in [2.75, 3.05) is 24.3 Å². The summed E-state index contributed by atoms with van der Waals surface area (Å²) >= 11 is 12.0. The van der Waals surface area contributed by atoms with E-state index in [1.54, 1.807) is 36.4 Å². The van der Waals surface area contributed by atoms with Crippen molar-refractivity contribution in [1.82, 2.24) is 0 Å². The van der Waals surface area contributed by atoms with Gasteiger partial charge >= 0.3 is 5.97 Å². The number of anilines is 2. The van der Waals surface area contributed by atoms with Crippen LogP contribution in [0, 0.1) is 0 Å². The fourth-order valence-corrected chi connectivity index (χ4v) is 2.41. The van der Waals surface area contributed by atoms with Crippen molar-refractivity contribution in [3.63, 3.8) is 0 Å².